The van der Waals surface area contributed by atoms with Crippen LogP contribution in [0.15, 0.2) is 42.9 Å². The van der Waals surface area contributed by atoms with E-state index in [0.717, 1.165) is 32.5 Å². The van der Waals surface area contributed by atoms with Crippen LogP contribution in [0.5, 0.6) is 0 Å². The lowest BCUT2D eigenvalue weighted by Gasteiger charge is -2.49. The normalized spacial score (nSPS) is 16.8. The summed E-state index contributed by atoms with van der Waals surface area (Å²) in [6.07, 6.45) is 4.00. The van der Waals surface area contributed by atoms with Gasteiger partial charge in [0.15, 0.2) is 5.60 Å². The van der Waals surface area contributed by atoms with Gasteiger partial charge in [0.05, 0.1) is 24.9 Å². The smallest absolute Gasteiger partial charge is 0.336 e. The molecule has 0 bridgehead atoms. The van der Waals surface area contributed by atoms with Crippen LogP contribution in [0, 0.1) is 0 Å². The molecule has 1 fully saturated rings. The number of aliphatic carboxylic acids is 3. The van der Waals surface area contributed by atoms with Crippen molar-refractivity contribution in [2.24, 2.45) is 0 Å². The lowest BCUT2D eigenvalue weighted by Crippen LogP contribution is -2.62. The quantitative estimate of drug-likeness (QED) is 0.283. The van der Waals surface area contributed by atoms with Gasteiger partial charge in [-0.05, 0) is 53.0 Å². The number of imidazole rings is 1. The zero-order chi connectivity index (χ0) is 29.4. The number of nitrogens with one attached hydrogen (secondary N) is 1. The third-order valence-electron chi connectivity index (χ3n) is 6.70. The average molecular weight is 547 g/mol. The number of aromatic nitrogens is 2. The van der Waals surface area contributed by atoms with Gasteiger partial charge in [0.1, 0.15) is 0 Å². The fourth-order valence-electron chi connectivity index (χ4n) is 5.35. The second kappa shape index (κ2) is 13.2. The molecule has 1 aromatic carbocycles. The van der Waals surface area contributed by atoms with Gasteiger partial charge in [-0.15, -0.1) is 0 Å². The molecule has 39 heavy (non-hydrogen) atoms. The van der Waals surface area contributed by atoms with Crippen molar-refractivity contribution in [1.29, 1.82) is 0 Å². The summed E-state index contributed by atoms with van der Waals surface area (Å²) >= 11 is 0. The van der Waals surface area contributed by atoms with Crippen LogP contribution in [0.3, 0.4) is 0 Å². The molecule has 0 aliphatic carbocycles. The molecule has 11 nitrogen and oxygen atoms in total. The fraction of sp³-hybridized carbons (Fsp3) is 0.571. The summed E-state index contributed by atoms with van der Waals surface area (Å²) in [6, 6.07) is 11.4. The number of hydrogen-bond acceptors (Lipinski definition) is 7. The highest BCUT2D eigenvalue weighted by Gasteiger charge is 2.41. The summed E-state index contributed by atoms with van der Waals surface area (Å²) in [5.41, 5.74) is 0.234. The van der Waals surface area contributed by atoms with Crippen LogP contribution >= 0.6 is 0 Å². The monoisotopic (exact) mass is 546 g/mol. The Labute approximate surface area is 229 Å². The summed E-state index contributed by atoms with van der Waals surface area (Å²) in [6.45, 7) is 14.4. The molecule has 0 radical (unpaired) electrons. The summed E-state index contributed by atoms with van der Waals surface area (Å²) in [5.74, 6) is -5.02. The summed E-state index contributed by atoms with van der Waals surface area (Å²) in [7, 11) is 0. The number of carbonyl (C=O) groups is 3. The van der Waals surface area contributed by atoms with Gasteiger partial charge in [-0.25, -0.2) is 9.78 Å². The van der Waals surface area contributed by atoms with Crippen molar-refractivity contribution in [2.75, 3.05) is 0 Å². The van der Waals surface area contributed by atoms with E-state index in [9.17, 15) is 14.4 Å². The number of rotatable bonds is 11. The lowest BCUT2D eigenvalue weighted by atomic mass is 9.79. The van der Waals surface area contributed by atoms with Crippen LogP contribution in [0.2, 0.25) is 0 Å². The summed E-state index contributed by atoms with van der Waals surface area (Å²) in [5, 5.41) is 37.6. The molecule has 3 rings (SSSR count). The molecule has 0 saturated carbocycles. The zero-order valence-corrected chi connectivity index (χ0v) is 23.4. The zero-order valence-electron chi connectivity index (χ0n) is 23.4. The standard InChI is InChI=1S/C22H34N4.C6H8O7/c1-6-25-17-23-14-20(25)16-26(15-18-10-8-7-9-11-18)19-12-21(2,3)24-22(4,5)13-19;7-3(8)1-6(13,5(11)12)2-4(9)10/h7-11,14,17,19,24H,6,12-13,15-16H2,1-5H3;13H,1-2H2,(H,7,8)(H,9,10)(H,11,12). The first-order chi connectivity index (χ1) is 18.1. The molecular formula is C28H42N4O7. The van der Waals surface area contributed by atoms with E-state index < -0.39 is 36.4 Å². The van der Waals surface area contributed by atoms with E-state index in [1.165, 1.54) is 11.3 Å². The fourth-order valence-corrected chi connectivity index (χ4v) is 5.35. The first-order valence-electron chi connectivity index (χ1n) is 13.0. The van der Waals surface area contributed by atoms with Gasteiger partial charge in [0, 0.05) is 43.0 Å². The van der Waals surface area contributed by atoms with E-state index in [1.54, 1.807) is 0 Å². The van der Waals surface area contributed by atoms with Crippen molar-refractivity contribution >= 4 is 17.9 Å². The van der Waals surface area contributed by atoms with Crippen molar-refractivity contribution in [2.45, 2.75) is 103 Å². The number of nitrogens with zero attached hydrogens (tertiary/aromatic N) is 3. The Kier molecular flexibility index (Phi) is 10.8. The summed E-state index contributed by atoms with van der Waals surface area (Å²) in [4.78, 5) is 37.5. The molecule has 11 heteroatoms. The topological polar surface area (TPSA) is 165 Å². The second-order valence-electron chi connectivity index (χ2n) is 11.5. The van der Waals surface area contributed by atoms with Crippen molar-refractivity contribution < 1.29 is 34.8 Å². The maximum Gasteiger partial charge on any atom is 0.336 e. The second-order valence-corrected chi connectivity index (χ2v) is 11.5. The number of piperidine rings is 1. The number of carboxylic acids is 3. The van der Waals surface area contributed by atoms with E-state index in [-0.39, 0.29) is 11.1 Å². The van der Waals surface area contributed by atoms with Crippen LogP contribution in [0.1, 0.15) is 71.6 Å². The van der Waals surface area contributed by atoms with Gasteiger partial charge < -0.3 is 30.3 Å². The number of aliphatic hydroxyl groups is 1. The Morgan fingerprint density at radius 1 is 1.00 bits per heavy atom. The molecular weight excluding hydrogens is 504 g/mol. The third kappa shape index (κ3) is 10.1. The minimum atomic E-state index is -2.74. The average Bonchev–Trinajstić information content (AvgIpc) is 3.24. The van der Waals surface area contributed by atoms with Crippen LogP contribution in [0.25, 0.3) is 0 Å². The minimum absolute atomic E-state index is 0.145. The first kappa shape index (κ1) is 31.9. The Morgan fingerprint density at radius 3 is 2.00 bits per heavy atom. The largest absolute Gasteiger partial charge is 0.481 e. The molecule has 216 valence electrons. The SMILES string of the molecule is CCn1cncc1CN(Cc1ccccc1)C1CC(C)(C)NC(C)(C)C1.O=C(O)CC(O)(CC(=O)O)C(=O)O. The molecule has 1 aliphatic rings. The van der Waals surface area contributed by atoms with Crippen LogP contribution < -0.4 is 5.32 Å². The predicted molar refractivity (Wildman–Crippen MR) is 145 cm³/mol. The summed E-state index contributed by atoms with van der Waals surface area (Å²) < 4.78 is 2.26. The van der Waals surface area contributed by atoms with Crippen LogP contribution in [-0.2, 0) is 34.0 Å². The number of aryl methyl sites for hydroxylation is 1. The Morgan fingerprint density at radius 2 is 1.54 bits per heavy atom. The van der Waals surface area contributed by atoms with E-state index in [4.69, 9.17) is 20.4 Å². The molecule has 1 aromatic heterocycles. The molecule has 0 atom stereocenters. The molecule has 0 amide bonds. The predicted octanol–water partition coefficient (Wildman–Crippen LogP) is 2.97. The van der Waals surface area contributed by atoms with Gasteiger partial charge in [-0.1, -0.05) is 30.3 Å². The maximum atomic E-state index is 10.3. The molecule has 0 unspecified atom stereocenters. The van der Waals surface area contributed by atoms with Crippen LogP contribution in [-0.4, -0.2) is 75.5 Å². The van der Waals surface area contributed by atoms with E-state index in [2.05, 4.69) is 84.7 Å². The molecule has 1 saturated heterocycles. The van der Waals surface area contributed by atoms with Gasteiger partial charge in [0.2, 0.25) is 0 Å². The lowest BCUT2D eigenvalue weighted by molar-refractivity contribution is -0.170. The van der Waals surface area contributed by atoms with Gasteiger partial charge in [-0.3, -0.25) is 14.5 Å². The Bertz CT molecular complexity index is 1080. The van der Waals surface area contributed by atoms with Gasteiger partial charge in [0.25, 0.3) is 0 Å². The molecule has 2 heterocycles. The van der Waals surface area contributed by atoms with Crippen molar-refractivity contribution in [1.82, 2.24) is 19.8 Å². The van der Waals surface area contributed by atoms with E-state index >= 15 is 0 Å². The van der Waals surface area contributed by atoms with Gasteiger partial charge >= 0.3 is 17.9 Å². The number of hydrogen-bond donors (Lipinski definition) is 5. The third-order valence-corrected chi connectivity index (χ3v) is 6.70. The molecule has 0 spiro atoms. The van der Waals surface area contributed by atoms with E-state index in [1.807, 2.05) is 12.5 Å². The highest BCUT2D eigenvalue weighted by molar-refractivity contribution is 5.88. The van der Waals surface area contributed by atoms with Crippen LogP contribution in [0.4, 0.5) is 0 Å². The van der Waals surface area contributed by atoms with Crippen molar-refractivity contribution in [3.63, 3.8) is 0 Å². The number of carboxylic acid groups (broad SMARTS) is 3. The molecule has 2 aromatic rings. The maximum absolute atomic E-state index is 10.3. The Balaban J connectivity index is 0.000000349. The highest BCUT2D eigenvalue weighted by atomic mass is 16.4. The number of benzene rings is 1. The minimum Gasteiger partial charge on any atom is -0.481 e. The van der Waals surface area contributed by atoms with Gasteiger partial charge in [-0.2, -0.15) is 0 Å². The first-order valence-corrected chi connectivity index (χ1v) is 13.0. The van der Waals surface area contributed by atoms with Crippen molar-refractivity contribution in [3.8, 4) is 0 Å². The molecule has 5 N–H and O–H groups in total. The molecule has 1 aliphatic heterocycles. The van der Waals surface area contributed by atoms with Crippen molar-refractivity contribution in [3.05, 3.63) is 54.1 Å². The highest BCUT2D eigenvalue weighted by Crippen LogP contribution is 2.33. The van der Waals surface area contributed by atoms with E-state index in [0.29, 0.717) is 6.04 Å². The Hall–Kier alpha value is -3.28.